The first-order valence-electron chi connectivity index (χ1n) is 9.52. The molecule has 146 valence electrons. The molecule has 0 N–H and O–H groups in total. The molecule has 0 saturated carbocycles. The van der Waals surface area contributed by atoms with Crippen LogP contribution in [0.2, 0.25) is 5.02 Å². The SMILES string of the molecule is CCCCC(=O)N1CCN(c2ncnc3c2nnn3-c2ccc(Cl)cc2)CC1. The third kappa shape index (κ3) is 3.64. The van der Waals surface area contributed by atoms with Crippen LogP contribution in [0, 0.1) is 0 Å². The van der Waals surface area contributed by atoms with Gasteiger partial charge in [-0.3, -0.25) is 4.79 Å². The number of carbonyl (C=O) groups is 1. The summed E-state index contributed by atoms with van der Waals surface area (Å²) in [6.45, 7) is 4.93. The third-order valence-electron chi connectivity index (χ3n) is 4.97. The third-order valence-corrected chi connectivity index (χ3v) is 5.22. The lowest BCUT2D eigenvalue weighted by Gasteiger charge is -2.35. The van der Waals surface area contributed by atoms with Crippen molar-refractivity contribution < 1.29 is 4.79 Å². The second-order valence-corrected chi connectivity index (χ2v) is 7.25. The largest absolute Gasteiger partial charge is 0.351 e. The van der Waals surface area contributed by atoms with Gasteiger partial charge in [-0.1, -0.05) is 30.2 Å². The van der Waals surface area contributed by atoms with Gasteiger partial charge in [-0.25, -0.2) is 9.97 Å². The number of halogens is 1. The van der Waals surface area contributed by atoms with E-state index >= 15 is 0 Å². The minimum absolute atomic E-state index is 0.239. The van der Waals surface area contributed by atoms with Crippen LogP contribution in [0.3, 0.4) is 0 Å². The molecule has 4 rings (SSSR count). The summed E-state index contributed by atoms with van der Waals surface area (Å²) in [5.74, 6) is 0.994. The van der Waals surface area contributed by atoms with Crippen molar-refractivity contribution in [3.8, 4) is 5.69 Å². The highest BCUT2D eigenvalue weighted by atomic mass is 35.5. The summed E-state index contributed by atoms with van der Waals surface area (Å²) < 4.78 is 1.68. The minimum Gasteiger partial charge on any atom is -0.351 e. The molecule has 1 aliphatic heterocycles. The molecule has 0 radical (unpaired) electrons. The molecular weight excluding hydrogens is 378 g/mol. The molecule has 2 aromatic heterocycles. The van der Waals surface area contributed by atoms with Crippen molar-refractivity contribution in [1.82, 2.24) is 29.9 Å². The Morgan fingerprint density at radius 2 is 1.86 bits per heavy atom. The predicted octanol–water partition coefficient (Wildman–Crippen LogP) is 2.70. The van der Waals surface area contributed by atoms with Gasteiger partial charge in [-0.2, -0.15) is 4.68 Å². The Bertz CT molecular complexity index is 964. The van der Waals surface area contributed by atoms with Crippen molar-refractivity contribution >= 4 is 34.5 Å². The number of anilines is 1. The molecule has 1 aliphatic rings. The monoisotopic (exact) mass is 399 g/mol. The van der Waals surface area contributed by atoms with Crippen LogP contribution in [0.5, 0.6) is 0 Å². The van der Waals surface area contributed by atoms with E-state index in [-0.39, 0.29) is 5.91 Å². The number of nitrogens with zero attached hydrogens (tertiary/aromatic N) is 7. The van der Waals surface area contributed by atoms with Gasteiger partial charge >= 0.3 is 0 Å². The number of benzene rings is 1. The molecule has 3 aromatic rings. The Kier molecular flexibility index (Phi) is 5.38. The number of rotatable bonds is 5. The number of piperazine rings is 1. The summed E-state index contributed by atoms with van der Waals surface area (Å²) in [5.41, 5.74) is 2.14. The zero-order valence-electron chi connectivity index (χ0n) is 15.8. The number of fused-ring (bicyclic) bond motifs is 1. The van der Waals surface area contributed by atoms with E-state index in [1.807, 2.05) is 17.0 Å². The van der Waals surface area contributed by atoms with E-state index in [9.17, 15) is 4.79 Å². The molecule has 1 amide bonds. The normalized spacial score (nSPS) is 14.6. The summed E-state index contributed by atoms with van der Waals surface area (Å²) in [5, 5.41) is 9.24. The van der Waals surface area contributed by atoms with E-state index < -0.39 is 0 Å². The average Bonchev–Trinajstić information content (AvgIpc) is 3.17. The van der Waals surface area contributed by atoms with Gasteiger partial charge in [-0.15, -0.1) is 5.10 Å². The summed E-state index contributed by atoms with van der Waals surface area (Å²) in [4.78, 5) is 25.2. The van der Waals surface area contributed by atoms with E-state index in [0.717, 1.165) is 37.4 Å². The number of aromatic nitrogens is 5. The van der Waals surface area contributed by atoms with Gasteiger partial charge in [0.05, 0.1) is 5.69 Å². The molecule has 1 fully saturated rings. The van der Waals surface area contributed by atoms with Crippen LogP contribution in [0.4, 0.5) is 5.82 Å². The van der Waals surface area contributed by atoms with E-state index in [2.05, 4.69) is 32.1 Å². The first-order valence-corrected chi connectivity index (χ1v) is 9.90. The summed E-state index contributed by atoms with van der Waals surface area (Å²) in [7, 11) is 0. The van der Waals surface area contributed by atoms with E-state index in [4.69, 9.17) is 11.6 Å². The molecule has 3 heterocycles. The van der Waals surface area contributed by atoms with Crippen LogP contribution in [-0.2, 0) is 4.79 Å². The molecular formula is C19H22ClN7O. The Labute approximate surface area is 168 Å². The van der Waals surface area contributed by atoms with Crippen molar-refractivity contribution in [3.63, 3.8) is 0 Å². The van der Waals surface area contributed by atoms with E-state index in [1.54, 1.807) is 16.8 Å². The Morgan fingerprint density at radius 1 is 1.11 bits per heavy atom. The van der Waals surface area contributed by atoms with Crippen LogP contribution >= 0.6 is 11.6 Å². The van der Waals surface area contributed by atoms with Crippen molar-refractivity contribution in [2.45, 2.75) is 26.2 Å². The maximum atomic E-state index is 12.2. The van der Waals surface area contributed by atoms with Gasteiger partial charge < -0.3 is 9.80 Å². The van der Waals surface area contributed by atoms with Gasteiger partial charge in [0.2, 0.25) is 5.91 Å². The topological polar surface area (TPSA) is 80.0 Å². The van der Waals surface area contributed by atoms with Crippen molar-refractivity contribution in [2.75, 3.05) is 31.1 Å². The van der Waals surface area contributed by atoms with E-state index in [1.165, 1.54) is 6.33 Å². The molecule has 0 unspecified atom stereocenters. The Morgan fingerprint density at radius 3 is 2.57 bits per heavy atom. The van der Waals surface area contributed by atoms with Gasteiger partial charge in [0.1, 0.15) is 6.33 Å². The maximum absolute atomic E-state index is 12.2. The lowest BCUT2D eigenvalue weighted by atomic mass is 10.2. The lowest BCUT2D eigenvalue weighted by Crippen LogP contribution is -2.49. The highest BCUT2D eigenvalue weighted by Crippen LogP contribution is 2.24. The second kappa shape index (κ2) is 8.10. The number of hydrogen-bond acceptors (Lipinski definition) is 6. The van der Waals surface area contributed by atoms with Crippen LogP contribution in [-0.4, -0.2) is 61.9 Å². The number of hydrogen-bond donors (Lipinski definition) is 0. The van der Waals surface area contributed by atoms with Gasteiger partial charge in [0, 0.05) is 37.6 Å². The van der Waals surface area contributed by atoms with E-state index in [0.29, 0.717) is 35.7 Å². The van der Waals surface area contributed by atoms with Crippen LogP contribution < -0.4 is 4.90 Å². The van der Waals surface area contributed by atoms with Crippen LogP contribution in [0.15, 0.2) is 30.6 Å². The number of carbonyl (C=O) groups excluding carboxylic acids is 1. The molecule has 0 aliphatic carbocycles. The Hall–Kier alpha value is -2.74. The molecule has 0 atom stereocenters. The number of amides is 1. The first kappa shape index (κ1) is 18.6. The molecule has 1 aromatic carbocycles. The van der Waals surface area contributed by atoms with Crippen molar-refractivity contribution in [3.05, 3.63) is 35.6 Å². The molecule has 9 heteroatoms. The molecule has 1 saturated heterocycles. The quantitative estimate of drug-likeness (QED) is 0.656. The highest BCUT2D eigenvalue weighted by Gasteiger charge is 2.24. The fraction of sp³-hybridized carbons (Fsp3) is 0.421. The lowest BCUT2D eigenvalue weighted by molar-refractivity contribution is -0.131. The minimum atomic E-state index is 0.239. The summed E-state index contributed by atoms with van der Waals surface area (Å²) >= 11 is 5.97. The molecule has 0 bridgehead atoms. The van der Waals surface area contributed by atoms with Gasteiger partial charge in [-0.05, 0) is 30.7 Å². The van der Waals surface area contributed by atoms with Crippen LogP contribution in [0.1, 0.15) is 26.2 Å². The zero-order valence-corrected chi connectivity index (χ0v) is 16.5. The smallest absolute Gasteiger partial charge is 0.222 e. The average molecular weight is 400 g/mol. The first-order chi connectivity index (χ1) is 13.7. The standard InChI is InChI=1S/C19H22ClN7O/c1-2-3-4-16(28)25-9-11-26(12-10-25)18-17-19(22-13-21-18)27(24-23-17)15-7-5-14(20)6-8-15/h5-8,13H,2-4,9-12H2,1H3. The Balaban J connectivity index is 1.54. The summed E-state index contributed by atoms with van der Waals surface area (Å²) in [6, 6.07) is 7.36. The second-order valence-electron chi connectivity index (χ2n) is 6.82. The summed E-state index contributed by atoms with van der Waals surface area (Å²) in [6.07, 6.45) is 4.14. The predicted molar refractivity (Wildman–Crippen MR) is 108 cm³/mol. The van der Waals surface area contributed by atoms with Gasteiger partial charge in [0.15, 0.2) is 17.0 Å². The van der Waals surface area contributed by atoms with Gasteiger partial charge in [0.25, 0.3) is 0 Å². The molecule has 0 spiro atoms. The van der Waals surface area contributed by atoms with Crippen LogP contribution in [0.25, 0.3) is 16.9 Å². The van der Waals surface area contributed by atoms with Crippen molar-refractivity contribution in [1.29, 1.82) is 0 Å². The van der Waals surface area contributed by atoms with Crippen molar-refractivity contribution in [2.24, 2.45) is 0 Å². The zero-order chi connectivity index (χ0) is 19.5. The maximum Gasteiger partial charge on any atom is 0.222 e. The highest BCUT2D eigenvalue weighted by molar-refractivity contribution is 6.30. The fourth-order valence-corrected chi connectivity index (χ4v) is 3.50. The molecule has 28 heavy (non-hydrogen) atoms. The fourth-order valence-electron chi connectivity index (χ4n) is 3.38. The molecule has 8 nitrogen and oxygen atoms in total. The number of unbranched alkanes of at least 4 members (excludes halogenated alkanes) is 1.